The summed E-state index contributed by atoms with van der Waals surface area (Å²) in [6, 6.07) is 0. The zero-order chi connectivity index (χ0) is 16.4. The minimum Gasteiger partial charge on any atom is -0.164 e. The van der Waals surface area contributed by atoms with Gasteiger partial charge in [0.1, 0.15) is 0 Å². The van der Waals surface area contributed by atoms with Crippen LogP contribution in [0.15, 0.2) is 33.5 Å². The highest BCUT2D eigenvalue weighted by Crippen LogP contribution is 2.45. The van der Waals surface area contributed by atoms with Crippen molar-refractivity contribution in [3.8, 4) is 0 Å². The lowest BCUT2D eigenvalue weighted by Crippen LogP contribution is -2.20. The van der Waals surface area contributed by atoms with Crippen LogP contribution in [-0.4, -0.2) is 12.4 Å². The average Bonchev–Trinajstić information content (AvgIpc) is 2.85. The summed E-state index contributed by atoms with van der Waals surface area (Å²) in [5.41, 5.74) is 3.65. The van der Waals surface area contributed by atoms with Crippen molar-refractivity contribution in [3.05, 3.63) is 23.3 Å². The SMILES string of the molecule is CC1=CC[C@H](C/C=N/N=C\C[C@@H]2CC=C(C)C2(C)C)C1(C)C. The average molecular weight is 300 g/mol. The fraction of sp³-hybridized carbons (Fsp3) is 0.700. The van der Waals surface area contributed by atoms with Crippen molar-refractivity contribution < 1.29 is 0 Å². The molecule has 0 spiro atoms. The maximum atomic E-state index is 4.26. The number of nitrogens with zero attached hydrogens (tertiary/aromatic N) is 2. The van der Waals surface area contributed by atoms with E-state index >= 15 is 0 Å². The first-order chi connectivity index (χ1) is 10.3. The van der Waals surface area contributed by atoms with E-state index in [4.69, 9.17) is 0 Å². The number of allylic oxidation sites excluding steroid dienone is 4. The molecule has 0 aromatic carbocycles. The molecule has 2 nitrogen and oxygen atoms in total. The first kappa shape index (κ1) is 17.2. The molecule has 0 aliphatic heterocycles. The lowest BCUT2D eigenvalue weighted by atomic mass is 9.76. The molecule has 0 fully saturated rings. The fourth-order valence-corrected chi connectivity index (χ4v) is 3.62. The van der Waals surface area contributed by atoms with E-state index in [2.05, 4.69) is 63.9 Å². The molecule has 2 rings (SSSR count). The van der Waals surface area contributed by atoms with Crippen LogP contribution < -0.4 is 0 Å². The van der Waals surface area contributed by atoms with E-state index in [-0.39, 0.29) is 0 Å². The fourth-order valence-electron chi connectivity index (χ4n) is 3.62. The van der Waals surface area contributed by atoms with Crippen LogP contribution in [0.3, 0.4) is 0 Å². The molecule has 0 aromatic heterocycles. The second-order valence-electron chi connectivity index (χ2n) is 8.15. The molecule has 22 heavy (non-hydrogen) atoms. The van der Waals surface area contributed by atoms with Crippen LogP contribution in [0.25, 0.3) is 0 Å². The summed E-state index contributed by atoms with van der Waals surface area (Å²) in [7, 11) is 0. The zero-order valence-corrected chi connectivity index (χ0v) is 15.2. The lowest BCUT2D eigenvalue weighted by molar-refractivity contribution is 0.302. The highest BCUT2D eigenvalue weighted by atomic mass is 15.2. The molecule has 0 N–H and O–H groups in total. The summed E-state index contributed by atoms with van der Waals surface area (Å²) in [6.45, 7) is 13.8. The Morgan fingerprint density at radius 1 is 0.864 bits per heavy atom. The molecule has 0 heterocycles. The Morgan fingerprint density at radius 2 is 1.23 bits per heavy atom. The van der Waals surface area contributed by atoms with Gasteiger partial charge in [0, 0.05) is 12.4 Å². The van der Waals surface area contributed by atoms with Gasteiger partial charge in [-0.3, -0.25) is 0 Å². The van der Waals surface area contributed by atoms with Gasteiger partial charge in [-0.25, -0.2) is 0 Å². The summed E-state index contributed by atoms with van der Waals surface area (Å²) in [5, 5.41) is 8.51. The van der Waals surface area contributed by atoms with Crippen molar-refractivity contribution in [2.45, 2.75) is 67.2 Å². The molecule has 0 radical (unpaired) electrons. The lowest BCUT2D eigenvalue weighted by Gasteiger charge is -2.28. The van der Waals surface area contributed by atoms with Crippen molar-refractivity contribution in [2.75, 3.05) is 0 Å². The van der Waals surface area contributed by atoms with E-state index in [1.54, 1.807) is 0 Å². The Labute approximate surface area is 136 Å². The van der Waals surface area contributed by atoms with Gasteiger partial charge in [0.25, 0.3) is 0 Å². The van der Waals surface area contributed by atoms with Crippen molar-refractivity contribution in [1.29, 1.82) is 0 Å². The maximum absolute atomic E-state index is 4.26. The second kappa shape index (κ2) is 6.52. The highest BCUT2D eigenvalue weighted by Gasteiger charge is 2.34. The highest BCUT2D eigenvalue weighted by molar-refractivity contribution is 5.62. The molecule has 2 heteroatoms. The second-order valence-corrected chi connectivity index (χ2v) is 8.15. The van der Waals surface area contributed by atoms with E-state index in [1.165, 1.54) is 24.0 Å². The van der Waals surface area contributed by atoms with Crippen LogP contribution in [0.4, 0.5) is 0 Å². The first-order valence-corrected chi connectivity index (χ1v) is 8.64. The van der Waals surface area contributed by atoms with Gasteiger partial charge in [0.15, 0.2) is 0 Å². The quantitative estimate of drug-likeness (QED) is 0.348. The monoisotopic (exact) mass is 300 g/mol. The first-order valence-electron chi connectivity index (χ1n) is 8.64. The van der Waals surface area contributed by atoms with Crippen molar-refractivity contribution in [2.24, 2.45) is 32.9 Å². The van der Waals surface area contributed by atoms with E-state index in [0.717, 1.165) is 12.8 Å². The van der Waals surface area contributed by atoms with Gasteiger partial charge in [-0.1, -0.05) is 51.0 Å². The third kappa shape index (κ3) is 3.42. The van der Waals surface area contributed by atoms with E-state index in [9.17, 15) is 0 Å². The Hall–Kier alpha value is -1.18. The zero-order valence-electron chi connectivity index (χ0n) is 15.2. The van der Waals surface area contributed by atoms with Crippen molar-refractivity contribution >= 4 is 12.4 Å². The molecule has 2 atom stereocenters. The number of hydrogen-bond acceptors (Lipinski definition) is 2. The van der Waals surface area contributed by atoms with Crippen LogP contribution >= 0.6 is 0 Å². The van der Waals surface area contributed by atoms with E-state index < -0.39 is 0 Å². The van der Waals surface area contributed by atoms with Crippen molar-refractivity contribution in [1.82, 2.24) is 0 Å². The van der Waals surface area contributed by atoms with Crippen LogP contribution in [0.5, 0.6) is 0 Å². The van der Waals surface area contributed by atoms with Gasteiger partial charge < -0.3 is 0 Å². The Morgan fingerprint density at radius 3 is 1.50 bits per heavy atom. The molecule has 2 aliphatic rings. The van der Waals surface area contributed by atoms with Crippen LogP contribution in [0.1, 0.15) is 67.2 Å². The molecule has 2 aliphatic carbocycles. The minimum absolute atomic E-state index is 0.312. The smallest absolute Gasteiger partial charge is 0.0273 e. The summed E-state index contributed by atoms with van der Waals surface area (Å²) in [4.78, 5) is 0. The van der Waals surface area contributed by atoms with Gasteiger partial charge in [-0.2, -0.15) is 10.2 Å². The van der Waals surface area contributed by atoms with Crippen LogP contribution in [0.2, 0.25) is 0 Å². The topological polar surface area (TPSA) is 24.7 Å². The van der Waals surface area contributed by atoms with Gasteiger partial charge >= 0.3 is 0 Å². The van der Waals surface area contributed by atoms with Gasteiger partial charge in [0.05, 0.1) is 0 Å². The molecule has 0 saturated heterocycles. The third-order valence-corrected chi connectivity index (χ3v) is 6.50. The predicted molar refractivity (Wildman–Crippen MR) is 97.5 cm³/mol. The van der Waals surface area contributed by atoms with Crippen molar-refractivity contribution in [3.63, 3.8) is 0 Å². The largest absolute Gasteiger partial charge is 0.164 e. The molecular formula is C20H32N2. The van der Waals surface area contributed by atoms with Gasteiger partial charge in [-0.05, 0) is 62.2 Å². The number of rotatable bonds is 5. The van der Waals surface area contributed by atoms with Crippen LogP contribution in [-0.2, 0) is 0 Å². The maximum Gasteiger partial charge on any atom is 0.0273 e. The van der Waals surface area contributed by atoms with E-state index in [1.807, 2.05) is 12.4 Å². The Kier molecular flexibility index (Phi) is 5.09. The standard InChI is InChI=1S/C20H32N2/c1-15-7-9-17(19(15,3)4)11-13-21-22-14-12-18-10-8-16(2)20(18,5)6/h7-8,13-14,17-18H,9-12H2,1-6H3/b21-13-,22-14+/t17-,18+/m0/s1. The molecule has 0 unspecified atom stereocenters. The molecule has 122 valence electrons. The Balaban J connectivity index is 1.75. The Bertz CT molecular complexity index is 470. The summed E-state index contributed by atoms with van der Waals surface area (Å²) < 4.78 is 0. The third-order valence-electron chi connectivity index (χ3n) is 6.50. The van der Waals surface area contributed by atoms with Crippen LogP contribution in [0, 0.1) is 22.7 Å². The summed E-state index contributed by atoms with van der Waals surface area (Å²) in [5.74, 6) is 1.35. The molecule has 0 bridgehead atoms. The number of hydrogen-bond donors (Lipinski definition) is 0. The summed E-state index contributed by atoms with van der Waals surface area (Å²) >= 11 is 0. The molecule has 0 amide bonds. The predicted octanol–water partition coefficient (Wildman–Crippen LogP) is 5.81. The van der Waals surface area contributed by atoms with Gasteiger partial charge in [-0.15, -0.1) is 0 Å². The minimum atomic E-state index is 0.312. The molecular weight excluding hydrogens is 268 g/mol. The summed E-state index contributed by atoms with van der Waals surface area (Å²) in [6.07, 6.45) is 13.1. The molecule has 0 aromatic rings. The normalized spacial score (nSPS) is 30.3. The van der Waals surface area contributed by atoms with E-state index in [0.29, 0.717) is 22.7 Å². The van der Waals surface area contributed by atoms with Gasteiger partial charge in [0.2, 0.25) is 0 Å². The molecule has 0 saturated carbocycles.